The standard InChI is InChI=1S/C12H13ClN4O/c1-8-9(6-16-17(8)2)5-15-12(18)10-3-4-14-7-11(10)13/h3-4,6-7H,5H2,1-2H3,(H,15,18). The van der Waals surface area contributed by atoms with E-state index in [1.165, 1.54) is 12.4 Å². The number of nitrogens with zero attached hydrogens (tertiary/aromatic N) is 3. The van der Waals surface area contributed by atoms with E-state index in [2.05, 4.69) is 15.4 Å². The summed E-state index contributed by atoms with van der Waals surface area (Å²) in [6.07, 6.45) is 4.73. The van der Waals surface area contributed by atoms with Gasteiger partial charge in [-0.3, -0.25) is 14.5 Å². The molecule has 2 rings (SSSR count). The summed E-state index contributed by atoms with van der Waals surface area (Å²) in [5.41, 5.74) is 2.43. The molecule has 0 bridgehead atoms. The predicted molar refractivity (Wildman–Crippen MR) is 68.4 cm³/mol. The molecule has 94 valence electrons. The maximum atomic E-state index is 11.9. The van der Waals surface area contributed by atoms with E-state index in [9.17, 15) is 4.79 Å². The van der Waals surface area contributed by atoms with Crippen molar-refractivity contribution in [3.05, 3.63) is 46.5 Å². The fourth-order valence-corrected chi connectivity index (χ4v) is 1.75. The molecule has 0 radical (unpaired) electrons. The molecule has 0 saturated heterocycles. The minimum atomic E-state index is -0.217. The molecule has 0 atom stereocenters. The molecule has 2 aromatic heterocycles. The lowest BCUT2D eigenvalue weighted by Gasteiger charge is -2.06. The van der Waals surface area contributed by atoms with Crippen molar-refractivity contribution in [3.8, 4) is 0 Å². The van der Waals surface area contributed by atoms with Gasteiger partial charge in [0, 0.05) is 37.2 Å². The van der Waals surface area contributed by atoms with Crippen LogP contribution in [0.2, 0.25) is 5.02 Å². The SMILES string of the molecule is Cc1c(CNC(=O)c2ccncc2Cl)cnn1C. The second-order valence-electron chi connectivity index (χ2n) is 3.92. The second kappa shape index (κ2) is 5.18. The Morgan fingerprint density at radius 1 is 1.50 bits per heavy atom. The van der Waals surface area contributed by atoms with Gasteiger partial charge in [0.1, 0.15) is 0 Å². The van der Waals surface area contributed by atoms with Crippen LogP contribution in [0.25, 0.3) is 0 Å². The molecule has 2 aromatic rings. The van der Waals surface area contributed by atoms with Crippen LogP contribution in [-0.2, 0) is 13.6 Å². The summed E-state index contributed by atoms with van der Waals surface area (Å²) in [4.78, 5) is 15.7. The molecule has 1 amide bonds. The Morgan fingerprint density at radius 3 is 2.89 bits per heavy atom. The lowest BCUT2D eigenvalue weighted by molar-refractivity contribution is 0.0951. The van der Waals surface area contributed by atoms with Gasteiger partial charge in [0.25, 0.3) is 5.91 Å². The molecule has 2 heterocycles. The highest BCUT2D eigenvalue weighted by Gasteiger charge is 2.11. The molecule has 0 spiro atoms. The van der Waals surface area contributed by atoms with E-state index in [1.54, 1.807) is 16.9 Å². The van der Waals surface area contributed by atoms with Crippen molar-refractivity contribution in [2.24, 2.45) is 7.05 Å². The molecule has 0 aromatic carbocycles. The number of nitrogens with one attached hydrogen (secondary N) is 1. The summed E-state index contributed by atoms with van der Waals surface area (Å²) in [7, 11) is 1.86. The number of carbonyl (C=O) groups is 1. The highest BCUT2D eigenvalue weighted by Crippen LogP contribution is 2.13. The smallest absolute Gasteiger partial charge is 0.253 e. The first kappa shape index (κ1) is 12.6. The third-order valence-electron chi connectivity index (χ3n) is 2.79. The van der Waals surface area contributed by atoms with Crippen molar-refractivity contribution in [1.29, 1.82) is 0 Å². The van der Waals surface area contributed by atoms with Gasteiger partial charge in [-0.2, -0.15) is 5.10 Å². The summed E-state index contributed by atoms with van der Waals surface area (Å²) < 4.78 is 1.76. The monoisotopic (exact) mass is 264 g/mol. The van der Waals surface area contributed by atoms with Gasteiger partial charge in [0.2, 0.25) is 0 Å². The first-order valence-corrected chi connectivity index (χ1v) is 5.82. The van der Waals surface area contributed by atoms with Gasteiger partial charge < -0.3 is 5.32 Å². The maximum absolute atomic E-state index is 11.9. The first-order chi connectivity index (χ1) is 8.59. The number of carbonyl (C=O) groups excluding carboxylic acids is 1. The van der Waals surface area contributed by atoms with Gasteiger partial charge >= 0.3 is 0 Å². The number of aromatic nitrogens is 3. The molecular formula is C12H13ClN4O. The number of hydrogen-bond acceptors (Lipinski definition) is 3. The summed E-state index contributed by atoms with van der Waals surface area (Å²) >= 11 is 5.90. The topological polar surface area (TPSA) is 59.8 Å². The highest BCUT2D eigenvalue weighted by molar-refractivity contribution is 6.33. The lowest BCUT2D eigenvalue weighted by Crippen LogP contribution is -2.23. The summed E-state index contributed by atoms with van der Waals surface area (Å²) in [6.45, 7) is 2.38. The Labute approximate surface area is 110 Å². The zero-order chi connectivity index (χ0) is 13.1. The molecule has 18 heavy (non-hydrogen) atoms. The van der Waals surface area contributed by atoms with Crippen molar-refractivity contribution in [2.45, 2.75) is 13.5 Å². The first-order valence-electron chi connectivity index (χ1n) is 5.44. The molecule has 0 fully saturated rings. The van der Waals surface area contributed by atoms with Crippen molar-refractivity contribution in [1.82, 2.24) is 20.1 Å². The van der Waals surface area contributed by atoms with Crippen LogP contribution in [-0.4, -0.2) is 20.7 Å². The molecular weight excluding hydrogens is 252 g/mol. The molecule has 6 heteroatoms. The normalized spacial score (nSPS) is 10.4. The van der Waals surface area contributed by atoms with Crippen LogP contribution in [0.4, 0.5) is 0 Å². The van der Waals surface area contributed by atoms with E-state index < -0.39 is 0 Å². The van der Waals surface area contributed by atoms with Gasteiger partial charge in [0.05, 0.1) is 16.8 Å². The second-order valence-corrected chi connectivity index (χ2v) is 4.32. The molecule has 0 aliphatic carbocycles. The number of halogens is 1. The average Bonchev–Trinajstić information content (AvgIpc) is 2.68. The van der Waals surface area contributed by atoms with Crippen molar-refractivity contribution >= 4 is 17.5 Å². The molecule has 1 N–H and O–H groups in total. The molecule has 0 aliphatic heterocycles. The highest BCUT2D eigenvalue weighted by atomic mass is 35.5. The molecule has 5 nitrogen and oxygen atoms in total. The number of pyridine rings is 1. The fourth-order valence-electron chi connectivity index (χ4n) is 1.55. The van der Waals surface area contributed by atoms with Gasteiger partial charge in [0.15, 0.2) is 0 Å². The van der Waals surface area contributed by atoms with Gasteiger partial charge in [-0.1, -0.05) is 11.6 Å². The third-order valence-corrected chi connectivity index (χ3v) is 3.09. The maximum Gasteiger partial charge on any atom is 0.253 e. The fraction of sp³-hybridized carbons (Fsp3) is 0.250. The quantitative estimate of drug-likeness (QED) is 0.918. The van der Waals surface area contributed by atoms with Gasteiger partial charge in [-0.25, -0.2) is 0 Å². The van der Waals surface area contributed by atoms with Crippen LogP contribution >= 0.6 is 11.6 Å². The van der Waals surface area contributed by atoms with Crippen LogP contribution in [0.5, 0.6) is 0 Å². The number of rotatable bonds is 3. The van der Waals surface area contributed by atoms with Crippen LogP contribution in [0, 0.1) is 6.92 Å². The molecule has 0 unspecified atom stereocenters. The van der Waals surface area contributed by atoms with E-state index in [1.807, 2.05) is 14.0 Å². The van der Waals surface area contributed by atoms with Crippen LogP contribution < -0.4 is 5.32 Å². The lowest BCUT2D eigenvalue weighted by atomic mass is 10.2. The van der Waals surface area contributed by atoms with E-state index in [0.717, 1.165) is 11.3 Å². The Bertz CT molecular complexity index is 579. The Kier molecular flexibility index (Phi) is 3.62. The zero-order valence-electron chi connectivity index (χ0n) is 10.1. The van der Waals surface area contributed by atoms with Gasteiger partial charge in [-0.05, 0) is 13.0 Å². The number of aryl methyl sites for hydroxylation is 1. The minimum Gasteiger partial charge on any atom is -0.348 e. The van der Waals surface area contributed by atoms with Crippen molar-refractivity contribution < 1.29 is 4.79 Å². The summed E-state index contributed by atoms with van der Waals surface area (Å²) in [5.74, 6) is -0.217. The van der Waals surface area contributed by atoms with Crippen LogP contribution in [0.1, 0.15) is 21.6 Å². The molecule has 0 aliphatic rings. The summed E-state index contributed by atoms with van der Waals surface area (Å²) in [6, 6.07) is 1.59. The van der Waals surface area contributed by atoms with E-state index >= 15 is 0 Å². The average molecular weight is 265 g/mol. The van der Waals surface area contributed by atoms with Crippen LogP contribution in [0.15, 0.2) is 24.7 Å². The van der Waals surface area contributed by atoms with E-state index in [-0.39, 0.29) is 5.91 Å². The Balaban J connectivity index is 2.05. The molecule has 0 saturated carbocycles. The number of amides is 1. The largest absolute Gasteiger partial charge is 0.348 e. The van der Waals surface area contributed by atoms with Crippen LogP contribution in [0.3, 0.4) is 0 Å². The predicted octanol–water partition coefficient (Wildman–Crippen LogP) is 1.71. The van der Waals surface area contributed by atoms with E-state index in [4.69, 9.17) is 11.6 Å². The zero-order valence-corrected chi connectivity index (χ0v) is 10.9. The third kappa shape index (κ3) is 2.51. The summed E-state index contributed by atoms with van der Waals surface area (Å²) in [5, 5.41) is 7.26. The van der Waals surface area contributed by atoms with Gasteiger partial charge in [-0.15, -0.1) is 0 Å². The Hall–Kier alpha value is -1.88. The van der Waals surface area contributed by atoms with Crippen molar-refractivity contribution in [3.63, 3.8) is 0 Å². The minimum absolute atomic E-state index is 0.217. The number of hydrogen-bond donors (Lipinski definition) is 1. The van der Waals surface area contributed by atoms with E-state index in [0.29, 0.717) is 17.1 Å². The van der Waals surface area contributed by atoms with Crippen molar-refractivity contribution in [2.75, 3.05) is 0 Å². The Morgan fingerprint density at radius 2 is 2.28 bits per heavy atom.